The van der Waals surface area contributed by atoms with Crippen LogP contribution in [0.3, 0.4) is 0 Å². The predicted octanol–water partition coefficient (Wildman–Crippen LogP) is 1.64. The van der Waals surface area contributed by atoms with Crippen molar-refractivity contribution in [2.45, 2.75) is 45.9 Å². The second kappa shape index (κ2) is 4.73. The Morgan fingerprint density at radius 3 is 2.73 bits per heavy atom. The zero-order chi connectivity index (χ0) is 11.5. The topological polar surface area (TPSA) is 45.2 Å². The molecular formula is C12H20N2O. The molecule has 1 rings (SSSR count). The Bertz CT molecular complexity index is 318. The van der Waals surface area contributed by atoms with Crippen molar-refractivity contribution in [3.05, 3.63) is 29.6 Å². The minimum atomic E-state index is -0.694. The summed E-state index contributed by atoms with van der Waals surface area (Å²) < 4.78 is 0. The van der Waals surface area contributed by atoms with E-state index in [-0.39, 0.29) is 6.04 Å². The maximum atomic E-state index is 9.76. The first-order valence-corrected chi connectivity index (χ1v) is 5.26. The van der Waals surface area contributed by atoms with Gasteiger partial charge in [0.2, 0.25) is 0 Å². The van der Waals surface area contributed by atoms with E-state index < -0.39 is 5.60 Å². The van der Waals surface area contributed by atoms with Crippen LogP contribution < -0.4 is 5.32 Å². The molecule has 0 radical (unpaired) electrons. The largest absolute Gasteiger partial charge is 0.389 e. The second-order valence-electron chi connectivity index (χ2n) is 4.56. The molecule has 3 heteroatoms. The van der Waals surface area contributed by atoms with Crippen molar-refractivity contribution in [2.75, 3.05) is 0 Å². The minimum Gasteiger partial charge on any atom is -0.389 e. The minimum absolute atomic E-state index is 0.0602. The lowest BCUT2D eigenvalue weighted by molar-refractivity contribution is 0.0437. The van der Waals surface area contributed by atoms with E-state index in [1.807, 2.05) is 40.0 Å². The van der Waals surface area contributed by atoms with Crippen molar-refractivity contribution < 1.29 is 5.11 Å². The highest BCUT2D eigenvalue weighted by atomic mass is 16.3. The van der Waals surface area contributed by atoms with Gasteiger partial charge in [-0.05, 0) is 44.9 Å². The molecule has 0 aliphatic rings. The summed E-state index contributed by atoms with van der Waals surface area (Å²) in [5, 5.41) is 13.1. The maximum absolute atomic E-state index is 9.76. The van der Waals surface area contributed by atoms with E-state index in [2.05, 4.69) is 10.3 Å². The summed E-state index contributed by atoms with van der Waals surface area (Å²) >= 11 is 0. The molecule has 3 nitrogen and oxygen atoms in total. The van der Waals surface area contributed by atoms with Crippen LogP contribution in [-0.2, 0) is 6.54 Å². The lowest BCUT2D eigenvalue weighted by atomic mass is 10.0. The fourth-order valence-corrected chi connectivity index (χ4v) is 1.21. The molecule has 1 unspecified atom stereocenters. The molecule has 1 aromatic heterocycles. The van der Waals surface area contributed by atoms with Gasteiger partial charge in [0.25, 0.3) is 0 Å². The molecule has 1 atom stereocenters. The van der Waals surface area contributed by atoms with Crippen molar-refractivity contribution in [1.29, 1.82) is 0 Å². The molecule has 0 saturated carbocycles. The van der Waals surface area contributed by atoms with Crippen LogP contribution >= 0.6 is 0 Å². The van der Waals surface area contributed by atoms with Gasteiger partial charge in [0.1, 0.15) is 0 Å². The van der Waals surface area contributed by atoms with E-state index in [9.17, 15) is 5.11 Å². The number of aryl methyl sites for hydroxylation is 1. The summed E-state index contributed by atoms with van der Waals surface area (Å²) in [6, 6.07) is 2.06. The average molecular weight is 208 g/mol. The molecule has 0 saturated heterocycles. The number of rotatable bonds is 4. The first-order valence-electron chi connectivity index (χ1n) is 5.26. The zero-order valence-electron chi connectivity index (χ0n) is 9.91. The highest BCUT2D eigenvalue weighted by molar-refractivity contribution is 5.21. The standard InChI is InChI=1S/C12H20N2O/c1-9-7-13-6-5-11(9)8-14-10(2)12(3,4)15/h5-7,10,14-15H,8H2,1-4H3. The van der Waals surface area contributed by atoms with E-state index in [1.54, 1.807) is 6.20 Å². The van der Waals surface area contributed by atoms with Gasteiger partial charge >= 0.3 is 0 Å². The van der Waals surface area contributed by atoms with Crippen LogP contribution in [0.2, 0.25) is 0 Å². The van der Waals surface area contributed by atoms with Crippen LogP contribution in [0, 0.1) is 6.92 Å². The Morgan fingerprint density at radius 1 is 1.53 bits per heavy atom. The Hall–Kier alpha value is -0.930. The van der Waals surface area contributed by atoms with Gasteiger partial charge in [-0.2, -0.15) is 0 Å². The van der Waals surface area contributed by atoms with Gasteiger partial charge in [0.15, 0.2) is 0 Å². The monoisotopic (exact) mass is 208 g/mol. The van der Waals surface area contributed by atoms with Crippen LogP contribution in [0.15, 0.2) is 18.5 Å². The van der Waals surface area contributed by atoms with Gasteiger partial charge in [-0.25, -0.2) is 0 Å². The van der Waals surface area contributed by atoms with Gasteiger partial charge in [-0.15, -0.1) is 0 Å². The van der Waals surface area contributed by atoms with Crippen LogP contribution in [-0.4, -0.2) is 21.7 Å². The van der Waals surface area contributed by atoms with E-state index >= 15 is 0 Å². The quantitative estimate of drug-likeness (QED) is 0.790. The molecule has 0 aliphatic heterocycles. The number of hydrogen-bond acceptors (Lipinski definition) is 3. The maximum Gasteiger partial charge on any atom is 0.0741 e. The van der Waals surface area contributed by atoms with Crippen molar-refractivity contribution in [2.24, 2.45) is 0 Å². The SMILES string of the molecule is Cc1cnccc1CNC(C)C(C)(C)O. The molecule has 0 bridgehead atoms. The lowest BCUT2D eigenvalue weighted by Gasteiger charge is -2.27. The number of pyridine rings is 1. The molecule has 0 aromatic carbocycles. The van der Waals surface area contributed by atoms with Crippen LogP contribution in [0.25, 0.3) is 0 Å². The summed E-state index contributed by atoms with van der Waals surface area (Å²) in [7, 11) is 0. The van der Waals surface area contributed by atoms with Gasteiger partial charge in [0.05, 0.1) is 5.60 Å². The lowest BCUT2D eigenvalue weighted by Crippen LogP contribution is -2.44. The molecule has 2 N–H and O–H groups in total. The predicted molar refractivity (Wildman–Crippen MR) is 61.6 cm³/mol. The summed E-state index contributed by atoms with van der Waals surface area (Å²) in [5.41, 5.74) is 1.70. The molecule has 0 fully saturated rings. The zero-order valence-corrected chi connectivity index (χ0v) is 9.91. The Morgan fingerprint density at radius 2 is 2.20 bits per heavy atom. The number of aliphatic hydroxyl groups is 1. The number of aromatic nitrogens is 1. The normalized spacial score (nSPS) is 13.9. The fraction of sp³-hybridized carbons (Fsp3) is 0.583. The Kier molecular flexibility index (Phi) is 3.83. The van der Waals surface area contributed by atoms with Crippen LogP contribution in [0.1, 0.15) is 31.9 Å². The first-order chi connectivity index (χ1) is 6.91. The van der Waals surface area contributed by atoms with Crippen molar-refractivity contribution in [3.63, 3.8) is 0 Å². The van der Waals surface area contributed by atoms with E-state index in [4.69, 9.17) is 0 Å². The third-order valence-electron chi connectivity index (χ3n) is 2.79. The van der Waals surface area contributed by atoms with Crippen LogP contribution in [0.4, 0.5) is 0 Å². The summed E-state index contributed by atoms with van der Waals surface area (Å²) in [4.78, 5) is 4.04. The molecule has 0 amide bonds. The third-order valence-corrected chi connectivity index (χ3v) is 2.79. The molecule has 0 spiro atoms. The number of nitrogens with one attached hydrogen (secondary N) is 1. The molecule has 15 heavy (non-hydrogen) atoms. The molecule has 1 aromatic rings. The average Bonchev–Trinajstić information content (AvgIpc) is 2.14. The Balaban J connectivity index is 2.55. The van der Waals surface area contributed by atoms with Gasteiger partial charge < -0.3 is 10.4 Å². The van der Waals surface area contributed by atoms with Crippen molar-refractivity contribution >= 4 is 0 Å². The first kappa shape index (κ1) is 12.1. The summed E-state index contributed by atoms with van der Waals surface area (Å²) in [6.45, 7) is 8.41. The van der Waals surface area contributed by atoms with Crippen molar-refractivity contribution in [1.82, 2.24) is 10.3 Å². The molecule has 1 heterocycles. The summed E-state index contributed by atoms with van der Waals surface area (Å²) in [5.74, 6) is 0. The van der Waals surface area contributed by atoms with Gasteiger partial charge in [-0.1, -0.05) is 0 Å². The van der Waals surface area contributed by atoms with E-state index in [0.29, 0.717) is 0 Å². The number of nitrogens with zero attached hydrogens (tertiary/aromatic N) is 1. The third kappa shape index (κ3) is 3.61. The Labute approximate surface area is 91.5 Å². The molecular weight excluding hydrogens is 188 g/mol. The van der Waals surface area contributed by atoms with E-state index in [0.717, 1.165) is 6.54 Å². The highest BCUT2D eigenvalue weighted by Gasteiger charge is 2.21. The number of hydrogen-bond donors (Lipinski definition) is 2. The second-order valence-corrected chi connectivity index (χ2v) is 4.56. The van der Waals surface area contributed by atoms with E-state index in [1.165, 1.54) is 11.1 Å². The molecule has 84 valence electrons. The van der Waals surface area contributed by atoms with Gasteiger partial charge in [-0.3, -0.25) is 4.98 Å². The van der Waals surface area contributed by atoms with Gasteiger partial charge in [0, 0.05) is 25.0 Å². The van der Waals surface area contributed by atoms with Crippen molar-refractivity contribution in [3.8, 4) is 0 Å². The van der Waals surface area contributed by atoms with Crippen LogP contribution in [0.5, 0.6) is 0 Å². The highest BCUT2D eigenvalue weighted by Crippen LogP contribution is 2.10. The smallest absolute Gasteiger partial charge is 0.0741 e. The molecule has 0 aliphatic carbocycles. The summed E-state index contributed by atoms with van der Waals surface area (Å²) in [6.07, 6.45) is 3.64. The fourth-order valence-electron chi connectivity index (χ4n) is 1.21.